The van der Waals surface area contributed by atoms with Crippen LogP contribution in [0.1, 0.15) is 58.3 Å². The SMILES string of the molecule is CCC(C)C(c1ccccc1)c1nncn1C(C)(C)C. The van der Waals surface area contributed by atoms with Crippen LogP contribution in [0.4, 0.5) is 0 Å². The summed E-state index contributed by atoms with van der Waals surface area (Å²) in [6.07, 6.45) is 2.98. The van der Waals surface area contributed by atoms with Gasteiger partial charge in [-0.2, -0.15) is 0 Å². The number of nitrogens with zero attached hydrogens (tertiary/aromatic N) is 3. The molecule has 20 heavy (non-hydrogen) atoms. The summed E-state index contributed by atoms with van der Waals surface area (Å²) in [7, 11) is 0. The second-order valence-electron chi connectivity index (χ2n) is 6.50. The number of hydrogen-bond acceptors (Lipinski definition) is 2. The third-order valence-electron chi connectivity index (χ3n) is 3.95. The zero-order valence-corrected chi connectivity index (χ0v) is 13.2. The van der Waals surface area contributed by atoms with Crippen LogP contribution < -0.4 is 0 Å². The highest BCUT2D eigenvalue weighted by Gasteiger charge is 2.28. The van der Waals surface area contributed by atoms with E-state index in [0.717, 1.165) is 12.2 Å². The lowest BCUT2D eigenvalue weighted by atomic mass is 9.84. The van der Waals surface area contributed by atoms with E-state index in [4.69, 9.17) is 0 Å². The molecule has 3 nitrogen and oxygen atoms in total. The monoisotopic (exact) mass is 271 g/mol. The van der Waals surface area contributed by atoms with E-state index in [1.54, 1.807) is 0 Å². The Morgan fingerprint density at radius 1 is 1.15 bits per heavy atom. The Kier molecular flexibility index (Phi) is 4.26. The summed E-state index contributed by atoms with van der Waals surface area (Å²) in [6.45, 7) is 11.1. The summed E-state index contributed by atoms with van der Waals surface area (Å²) in [5.74, 6) is 1.89. The van der Waals surface area contributed by atoms with Crippen molar-refractivity contribution in [2.45, 2.75) is 52.5 Å². The summed E-state index contributed by atoms with van der Waals surface area (Å²) in [4.78, 5) is 0. The van der Waals surface area contributed by atoms with Gasteiger partial charge in [-0.3, -0.25) is 0 Å². The first-order valence-electron chi connectivity index (χ1n) is 7.40. The van der Waals surface area contributed by atoms with Crippen LogP contribution in [0.15, 0.2) is 36.7 Å². The predicted octanol–water partition coefficient (Wildman–Crippen LogP) is 4.21. The van der Waals surface area contributed by atoms with Gasteiger partial charge in [0, 0.05) is 11.5 Å². The second kappa shape index (κ2) is 5.78. The lowest BCUT2D eigenvalue weighted by Gasteiger charge is -2.29. The van der Waals surface area contributed by atoms with E-state index >= 15 is 0 Å². The smallest absolute Gasteiger partial charge is 0.141 e. The summed E-state index contributed by atoms with van der Waals surface area (Å²) in [6, 6.07) is 10.6. The number of aromatic nitrogens is 3. The Balaban J connectivity index is 2.51. The molecule has 2 unspecified atom stereocenters. The molecule has 1 aromatic heterocycles. The fourth-order valence-corrected chi connectivity index (χ4v) is 2.60. The average molecular weight is 271 g/mol. The molecule has 2 rings (SSSR count). The maximum absolute atomic E-state index is 4.44. The third-order valence-corrected chi connectivity index (χ3v) is 3.95. The van der Waals surface area contributed by atoms with Crippen molar-refractivity contribution in [1.82, 2.24) is 14.8 Å². The molecule has 0 aliphatic rings. The van der Waals surface area contributed by atoms with Gasteiger partial charge in [-0.25, -0.2) is 0 Å². The highest BCUT2D eigenvalue weighted by molar-refractivity contribution is 5.26. The zero-order chi connectivity index (χ0) is 14.8. The Morgan fingerprint density at radius 3 is 2.35 bits per heavy atom. The fraction of sp³-hybridized carbons (Fsp3) is 0.529. The quantitative estimate of drug-likeness (QED) is 0.834. The number of benzene rings is 1. The van der Waals surface area contributed by atoms with Gasteiger partial charge in [0.05, 0.1) is 0 Å². The maximum Gasteiger partial charge on any atom is 0.141 e. The first kappa shape index (κ1) is 14.8. The van der Waals surface area contributed by atoms with Gasteiger partial charge in [0.2, 0.25) is 0 Å². The lowest BCUT2D eigenvalue weighted by molar-refractivity contribution is 0.357. The number of hydrogen-bond donors (Lipinski definition) is 0. The molecule has 0 aliphatic carbocycles. The molecule has 0 fully saturated rings. The third kappa shape index (κ3) is 2.92. The molecule has 0 saturated heterocycles. The van der Waals surface area contributed by atoms with Crippen LogP contribution in [0.5, 0.6) is 0 Å². The highest BCUT2D eigenvalue weighted by Crippen LogP contribution is 2.34. The zero-order valence-electron chi connectivity index (χ0n) is 13.2. The molecule has 0 N–H and O–H groups in total. The molecule has 108 valence electrons. The van der Waals surface area contributed by atoms with Crippen LogP contribution in [0.25, 0.3) is 0 Å². The molecule has 0 saturated carbocycles. The summed E-state index contributed by atoms with van der Waals surface area (Å²) >= 11 is 0. The van der Waals surface area contributed by atoms with Crippen molar-refractivity contribution in [1.29, 1.82) is 0 Å². The first-order chi connectivity index (χ1) is 9.45. The summed E-state index contributed by atoms with van der Waals surface area (Å²) in [5, 5.41) is 8.61. The topological polar surface area (TPSA) is 30.7 Å². The Labute approximate surface area is 122 Å². The van der Waals surface area contributed by atoms with Gasteiger partial charge in [-0.1, -0.05) is 50.6 Å². The van der Waals surface area contributed by atoms with Crippen molar-refractivity contribution in [3.05, 3.63) is 48.0 Å². The summed E-state index contributed by atoms with van der Waals surface area (Å²) in [5.41, 5.74) is 1.32. The minimum absolute atomic E-state index is 0.000670. The van der Waals surface area contributed by atoms with E-state index in [2.05, 4.69) is 79.7 Å². The van der Waals surface area contributed by atoms with Crippen LogP contribution in [0.2, 0.25) is 0 Å². The van der Waals surface area contributed by atoms with Crippen LogP contribution in [0.3, 0.4) is 0 Å². The molecule has 0 bridgehead atoms. The molecule has 0 amide bonds. The minimum Gasteiger partial charge on any atom is -0.312 e. The molecule has 0 radical (unpaired) electrons. The van der Waals surface area contributed by atoms with Crippen LogP contribution >= 0.6 is 0 Å². The standard InChI is InChI=1S/C17H25N3/c1-6-13(2)15(14-10-8-7-9-11-14)16-19-18-12-20(16)17(3,4)5/h7-13,15H,6H2,1-5H3. The van der Waals surface area contributed by atoms with Crippen molar-refractivity contribution in [3.63, 3.8) is 0 Å². The molecule has 0 aliphatic heterocycles. The normalized spacial score (nSPS) is 15.1. The van der Waals surface area contributed by atoms with Gasteiger partial charge in [0.25, 0.3) is 0 Å². The van der Waals surface area contributed by atoms with Crippen LogP contribution in [-0.2, 0) is 5.54 Å². The van der Waals surface area contributed by atoms with Gasteiger partial charge in [0.15, 0.2) is 0 Å². The molecule has 2 aromatic rings. The predicted molar refractivity (Wildman–Crippen MR) is 82.8 cm³/mol. The molecule has 1 heterocycles. The van der Waals surface area contributed by atoms with Gasteiger partial charge >= 0.3 is 0 Å². The Hall–Kier alpha value is -1.64. The average Bonchev–Trinajstić information content (AvgIpc) is 2.89. The number of rotatable bonds is 4. The Bertz CT molecular complexity index is 537. The van der Waals surface area contributed by atoms with Crippen molar-refractivity contribution in [2.75, 3.05) is 0 Å². The van der Waals surface area contributed by atoms with E-state index in [-0.39, 0.29) is 5.54 Å². The first-order valence-corrected chi connectivity index (χ1v) is 7.40. The van der Waals surface area contributed by atoms with Crippen LogP contribution in [-0.4, -0.2) is 14.8 Å². The minimum atomic E-state index is -0.000670. The molecule has 3 heteroatoms. The van der Waals surface area contributed by atoms with E-state index < -0.39 is 0 Å². The van der Waals surface area contributed by atoms with Crippen molar-refractivity contribution < 1.29 is 0 Å². The van der Waals surface area contributed by atoms with Gasteiger partial charge < -0.3 is 4.57 Å². The fourth-order valence-electron chi connectivity index (χ4n) is 2.60. The lowest BCUT2D eigenvalue weighted by Crippen LogP contribution is -2.27. The molecule has 0 spiro atoms. The molecular weight excluding hydrogens is 246 g/mol. The Morgan fingerprint density at radius 2 is 1.80 bits per heavy atom. The second-order valence-corrected chi connectivity index (χ2v) is 6.50. The van der Waals surface area contributed by atoms with Gasteiger partial charge in [-0.05, 0) is 32.3 Å². The van der Waals surface area contributed by atoms with Crippen molar-refractivity contribution in [2.24, 2.45) is 5.92 Å². The summed E-state index contributed by atoms with van der Waals surface area (Å²) < 4.78 is 2.21. The van der Waals surface area contributed by atoms with Crippen molar-refractivity contribution >= 4 is 0 Å². The van der Waals surface area contributed by atoms with E-state index in [1.807, 2.05) is 6.33 Å². The van der Waals surface area contributed by atoms with E-state index in [9.17, 15) is 0 Å². The molecule has 1 aromatic carbocycles. The van der Waals surface area contributed by atoms with E-state index in [0.29, 0.717) is 11.8 Å². The van der Waals surface area contributed by atoms with Crippen LogP contribution in [0, 0.1) is 5.92 Å². The largest absolute Gasteiger partial charge is 0.312 e. The maximum atomic E-state index is 4.44. The highest BCUT2D eigenvalue weighted by atomic mass is 15.3. The van der Waals surface area contributed by atoms with Gasteiger partial charge in [0.1, 0.15) is 12.2 Å². The van der Waals surface area contributed by atoms with E-state index in [1.165, 1.54) is 5.56 Å². The molecular formula is C17H25N3. The van der Waals surface area contributed by atoms with Gasteiger partial charge in [-0.15, -0.1) is 10.2 Å². The van der Waals surface area contributed by atoms with Crippen molar-refractivity contribution in [3.8, 4) is 0 Å². The molecule has 2 atom stereocenters.